The Morgan fingerprint density at radius 2 is 1.65 bits per heavy atom. The summed E-state index contributed by atoms with van der Waals surface area (Å²) in [5.74, 6) is 5.67. The normalized spacial score (nSPS) is 24.4. The highest BCUT2D eigenvalue weighted by Gasteiger charge is 2.35. The van der Waals surface area contributed by atoms with E-state index in [1.165, 1.54) is 37.8 Å². The second kappa shape index (κ2) is 11.1. The van der Waals surface area contributed by atoms with Crippen LogP contribution in [0, 0.1) is 47.0 Å². The van der Waals surface area contributed by atoms with Crippen molar-refractivity contribution in [2.75, 3.05) is 0 Å². The predicted octanol–water partition coefficient (Wildman–Crippen LogP) is 8.50. The fraction of sp³-hybridized carbons (Fsp3) is 0.419. The van der Waals surface area contributed by atoms with E-state index in [9.17, 15) is 13.2 Å². The van der Waals surface area contributed by atoms with E-state index in [0.29, 0.717) is 24.3 Å². The number of hydrogen-bond acceptors (Lipinski definition) is 0. The molecule has 3 heteroatoms. The number of fused-ring (bicyclic) bond motifs is 1. The van der Waals surface area contributed by atoms with Crippen LogP contribution in [0.4, 0.5) is 13.2 Å². The fourth-order valence-electron chi connectivity index (χ4n) is 5.83. The van der Waals surface area contributed by atoms with E-state index >= 15 is 0 Å². The highest BCUT2D eigenvalue weighted by Crippen LogP contribution is 2.47. The number of halogens is 3. The number of rotatable bonds is 5. The highest BCUT2D eigenvalue weighted by atomic mass is 19.2. The molecule has 2 aromatic rings. The first-order valence-corrected chi connectivity index (χ1v) is 12.5. The van der Waals surface area contributed by atoms with Crippen LogP contribution in [0.1, 0.15) is 80.0 Å². The predicted molar refractivity (Wildman–Crippen MR) is 133 cm³/mol. The zero-order chi connectivity index (χ0) is 24.1. The number of hydrogen-bond donors (Lipinski definition) is 0. The minimum atomic E-state index is -0.980. The van der Waals surface area contributed by atoms with Gasteiger partial charge in [0.1, 0.15) is 5.82 Å². The summed E-state index contributed by atoms with van der Waals surface area (Å²) in [4.78, 5) is 0. The van der Waals surface area contributed by atoms with Gasteiger partial charge >= 0.3 is 0 Å². The van der Waals surface area contributed by atoms with Gasteiger partial charge in [-0.1, -0.05) is 42.2 Å². The van der Waals surface area contributed by atoms with Gasteiger partial charge in [-0.3, -0.25) is 0 Å². The van der Waals surface area contributed by atoms with Crippen molar-refractivity contribution in [2.24, 2.45) is 17.8 Å². The number of allylic oxidation sites excluding steroid dienone is 3. The van der Waals surface area contributed by atoms with Crippen LogP contribution in [0.5, 0.6) is 0 Å². The van der Waals surface area contributed by atoms with Crippen LogP contribution in [-0.2, 0) is 6.42 Å². The molecule has 4 atom stereocenters. The third-order valence-corrected chi connectivity index (χ3v) is 7.69. The van der Waals surface area contributed by atoms with Crippen molar-refractivity contribution < 1.29 is 13.2 Å². The van der Waals surface area contributed by atoms with E-state index in [2.05, 4.69) is 37.5 Å². The molecule has 0 aromatic heterocycles. The average molecular weight is 463 g/mol. The van der Waals surface area contributed by atoms with Crippen LogP contribution in [0.25, 0.3) is 0 Å². The van der Waals surface area contributed by atoms with E-state index in [-0.39, 0.29) is 11.1 Å². The Morgan fingerprint density at radius 1 is 0.912 bits per heavy atom. The Hall–Kier alpha value is -2.73. The van der Waals surface area contributed by atoms with Gasteiger partial charge in [0.2, 0.25) is 0 Å². The lowest BCUT2D eigenvalue weighted by atomic mass is 9.64. The monoisotopic (exact) mass is 462 g/mol. The van der Waals surface area contributed by atoms with Crippen molar-refractivity contribution in [3.8, 4) is 11.8 Å². The molecule has 0 N–H and O–H groups in total. The van der Waals surface area contributed by atoms with Crippen molar-refractivity contribution in [3.05, 3.63) is 94.8 Å². The molecule has 0 aliphatic heterocycles. The largest absolute Gasteiger partial charge is 0.206 e. The molecule has 0 nitrogen and oxygen atoms in total. The average Bonchev–Trinajstić information content (AvgIpc) is 2.85. The molecule has 0 radical (unpaired) electrons. The third kappa shape index (κ3) is 5.49. The molecule has 2 aliphatic rings. The quantitative estimate of drug-likeness (QED) is 0.309. The van der Waals surface area contributed by atoms with E-state index < -0.39 is 17.5 Å². The van der Waals surface area contributed by atoms with Crippen LogP contribution in [0.15, 0.2) is 55.1 Å². The second-order valence-corrected chi connectivity index (χ2v) is 9.85. The lowest BCUT2D eigenvalue weighted by molar-refractivity contribution is 0.133. The Labute approximate surface area is 202 Å². The number of aryl methyl sites for hydroxylation is 1. The van der Waals surface area contributed by atoms with Gasteiger partial charge in [0.05, 0.1) is 11.1 Å². The molecule has 0 amide bonds. The van der Waals surface area contributed by atoms with Gasteiger partial charge in [-0.2, -0.15) is 0 Å². The summed E-state index contributed by atoms with van der Waals surface area (Å²) in [6.45, 7) is 5.70. The molecule has 4 unspecified atom stereocenters. The zero-order valence-electron chi connectivity index (χ0n) is 19.9. The minimum Gasteiger partial charge on any atom is -0.206 e. The van der Waals surface area contributed by atoms with E-state index in [0.717, 1.165) is 36.2 Å². The topological polar surface area (TPSA) is 0 Å². The lowest BCUT2D eigenvalue weighted by Gasteiger charge is -2.41. The van der Waals surface area contributed by atoms with Crippen LogP contribution >= 0.6 is 0 Å². The Balaban J connectivity index is 1.45. The summed E-state index contributed by atoms with van der Waals surface area (Å²) in [5.41, 5.74) is 1.47. The maximum atomic E-state index is 14.9. The van der Waals surface area contributed by atoms with Crippen LogP contribution in [0.2, 0.25) is 0 Å². The van der Waals surface area contributed by atoms with Crippen LogP contribution < -0.4 is 0 Å². The van der Waals surface area contributed by atoms with Gasteiger partial charge in [0.15, 0.2) is 11.6 Å². The van der Waals surface area contributed by atoms with Crippen LogP contribution in [-0.4, -0.2) is 0 Å². The first kappa shape index (κ1) is 24.4. The standard InChI is InChI=1S/C31H33F3/c1-3-5-7-23-13-14-24(31(34)30(23)33)12-10-22-11-15-28(20-29(22)32)27-17-16-25-18-21(6-4-2)8-9-26(25)19-27/h3-4,6,11,13-15,20-21,25-27H,1,5,7-9,16-19H2,2H3/b6-4+. The lowest BCUT2D eigenvalue weighted by Crippen LogP contribution is -2.30. The maximum Gasteiger partial charge on any atom is 0.174 e. The Kier molecular flexibility index (Phi) is 7.99. The molecular formula is C31H33F3. The molecule has 34 heavy (non-hydrogen) atoms. The van der Waals surface area contributed by atoms with Crippen LogP contribution in [0.3, 0.4) is 0 Å². The maximum absolute atomic E-state index is 14.9. The first-order chi connectivity index (χ1) is 16.5. The second-order valence-electron chi connectivity index (χ2n) is 9.85. The minimum absolute atomic E-state index is 0.0600. The summed E-state index contributed by atoms with van der Waals surface area (Å²) >= 11 is 0. The third-order valence-electron chi connectivity index (χ3n) is 7.69. The fourth-order valence-corrected chi connectivity index (χ4v) is 5.83. The van der Waals surface area contributed by atoms with Gasteiger partial charge in [0, 0.05) is 0 Å². The van der Waals surface area contributed by atoms with Crippen molar-refractivity contribution in [1.29, 1.82) is 0 Å². The Morgan fingerprint density at radius 3 is 2.41 bits per heavy atom. The smallest absolute Gasteiger partial charge is 0.174 e. The zero-order valence-corrected chi connectivity index (χ0v) is 19.9. The molecule has 2 fully saturated rings. The molecule has 2 aromatic carbocycles. The van der Waals surface area contributed by atoms with Crippen molar-refractivity contribution in [3.63, 3.8) is 0 Å². The highest BCUT2D eigenvalue weighted by molar-refractivity contribution is 5.46. The molecule has 2 aliphatic carbocycles. The molecule has 178 valence electrons. The van der Waals surface area contributed by atoms with Gasteiger partial charge in [-0.25, -0.2) is 13.2 Å². The van der Waals surface area contributed by atoms with E-state index in [4.69, 9.17) is 0 Å². The van der Waals surface area contributed by atoms with E-state index in [1.807, 2.05) is 6.07 Å². The SMILES string of the molecule is C=CCCc1ccc(C#Cc2ccc(C3CCC4CC(/C=C/C)CCC4C3)cc2F)c(F)c1F. The van der Waals surface area contributed by atoms with Gasteiger partial charge < -0.3 is 0 Å². The molecule has 2 saturated carbocycles. The molecular weight excluding hydrogens is 429 g/mol. The molecule has 0 bridgehead atoms. The van der Waals surface area contributed by atoms with E-state index in [1.54, 1.807) is 18.2 Å². The van der Waals surface area contributed by atoms with Crippen molar-refractivity contribution >= 4 is 0 Å². The Bertz CT molecular complexity index is 1120. The molecule has 0 heterocycles. The van der Waals surface area contributed by atoms with Crippen molar-refractivity contribution in [2.45, 2.75) is 64.2 Å². The molecule has 4 rings (SSSR count). The summed E-state index contributed by atoms with van der Waals surface area (Å²) in [6, 6.07) is 8.22. The van der Waals surface area contributed by atoms with Gasteiger partial charge in [-0.05, 0) is 111 Å². The first-order valence-electron chi connectivity index (χ1n) is 12.5. The summed E-state index contributed by atoms with van der Waals surface area (Å²) in [7, 11) is 0. The summed E-state index contributed by atoms with van der Waals surface area (Å²) in [5, 5.41) is 0. The van der Waals surface area contributed by atoms with Crippen molar-refractivity contribution in [1.82, 2.24) is 0 Å². The molecule has 0 saturated heterocycles. The summed E-state index contributed by atoms with van der Waals surface area (Å²) in [6.07, 6.45) is 14.4. The molecule has 0 spiro atoms. The number of benzene rings is 2. The van der Waals surface area contributed by atoms with Gasteiger partial charge in [-0.15, -0.1) is 6.58 Å². The summed E-state index contributed by atoms with van der Waals surface area (Å²) < 4.78 is 43.5. The van der Waals surface area contributed by atoms with Gasteiger partial charge in [0.25, 0.3) is 0 Å².